The minimum atomic E-state index is -0.452. The summed E-state index contributed by atoms with van der Waals surface area (Å²) in [6, 6.07) is 4.88. The van der Waals surface area contributed by atoms with E-state index < -0.39 is 11.8 Å². The van der Waals surface area contributed by atoms with Gasteiger partial charge in [-0.15, -0.1) is 0 Å². The van der Waals surface area contributed by atoms with E-state index in [-0.39, 0.29) is 10.6 Å². The van der Waals surface area contributed by atoms with Crippen LogP contribution < -0.4 is 5.73 Å². The summed E-state index contributed by atoms with van der Waals surface area (Å²) in [6.45, 7) is 3.89. The van der Waals surface area contributed by atoms with Gasteiger partial charge in [0.05, 0.1) is 10.8 Å². The summed E-state index contributed by atoms with van der Waals surface area (Å²) >= 11 is 0. The van der Waals surface area contributed by atoms with Gasteiger partial charge in [-0.2, -0.15) is 0 Å². The van der Waals surface area contributed by atoms with Crippen LogP contribution in [0.2, 0.25) is 0 Å². The van der Waals surface area contributed by atoms with Gasteiger partial charge in [-0.25, -0.2) is 0 Å². The number of amides is 1. The number of primary amides is 1. The molecule has 104 valence electrons. The second-order valence-electron chi connectivity index (χ2n) is 4.57. The molecule has 5 nitrogen and oxygen atoms in total. The third kappa shape index (κ3) is 3.53. The number of nitrogens with two attached hydrogens (primary N) is 1. The minimum absolute atomic E-state index is 0.0886. The van der Waals surface area contributed by atoms with Crippen LogP contribution in [-0.4, -0.2) is 10.8 Å². The molecule has 5 heteroatoms. The molecule has 1 aromatic rings. The van der Waals surface area contributed by atoms with Crippen LogP contribution in [0.15, 0.2) is 18.2 Å². The Balaban J connectivity index is 3.32. The third-order valence-electron chi connectivity index (χ3n) is 3.29. The van der Waals surface area contributed by atoms with Gasteiger partial charge >= 0.3 is 0 Å². The Kier molecular flexibility index (Phi) is 5.48. The van der Waals surface area contributed by atoms with Crippen molar-refractivity contribution in [3.05, 3.63) is 39.4 Å². The SMILES string of the molecule is CCCCc1c(C(CC)C(N)=O)cccc1[N+](=O)[O-]. The monoisotopic (exact) mass is 264 g/mol. The molecule has 0 aromatic heterocycles. The molecular formula is C14H20N2O3. The highest BCUT2D eigenvalue weighted by atomic mass is 16.6. The van der Waals surface area contributed by atoms with Crippen LogP contribution in [0, 0.1) is 10.1 Å². The van der Waals surface area contributed by atoms with E-state index in [1.807, 2.05) is 13.8 Å². The first-order chi connectivity index (χ1) is 9.02. The van der Waals surface area contributed by atoms with Crippen molar-refractivity contribution in [3.8, 4) is 0 Å². The van der Waals surface area contributed by atoms with E-state index in [1.54, 1.807) is 12.1 Å². The topological polar surface area (TPSA) is 86.2 Å². The smallest absolute Gasteiger partial charge is 0.272 e. The van der Waals surface area contributed by atoms with Crippen molar-refractivity contribution >= 4 is 11.6 Å². The average molecular weight is 264 g/mol. The minimum Gasteiger partial charge on any atom is -0.369 e. The lowest BCUT2D eigenvalue weighted by Gasteiger charge is -2.16. The van der Waals surface area contributed by atoms with Crippen molar-refractivity contribution in [1.82, 2.24) is 0 Å². The number of hydrogen-bond donors (Lipinski definition) is 1. The number of nitro benzene ring substituents is 1. The van der Waals surface area contributed by atoms with Gasteiger partial charge in [0.2, 0.25) is 5.91 Å². The molecule has 0 heterocycles. The zero-order chi connectivity index (χ0) is 14.4. The third-order valence-corrected chi connectivity index (χ3v) is 3.29. The van der Waals surface area contributed by atoms with E-state index in [0.717, 1.165) is 12.8 Å². The summed E-state index contributed by atoms with van der Waals surface area (Å²) in [4.78, 5) is 22.2. The van der Waals surface area contributed by atoms with E-state index in [9.17, 15) is 14.9 Å². The van der Waals surface area contributed by atoms with E-state index in [1.165, 1.54) is 6.07 Å². The predicted molar refractivity (Wildman–Crippen MR) is 73.9 cm³/mol. The maximum atomic E-state index is 11.5. The summed E-state index contributed by atoms with van der Waals surface area (Å²) in [5.41, 5.74) is 6.84. The van der Waals surface area contributed by atoms with Gasteiger partial charge in [0, 0.05) is 11.6 Å². The van der Waals surface area contributed by atoms with E-state index >= 15 is 0 Å². The molecule has 0 aliphatic rings. The van der Waals surface area contributed by atoms with Crippen molar-refractivity contribution in [2.45, 2.75) is 45.4 Å². The summed E-state index contributed by atoms with van der Waals surface area (Å²) < 4.78 is 0. The van der Waals surface area contributed by atoms with Crippen LogP contribution in [0.4, 0.5) is 5.69 Å². The molecule has 0 radical (unpaired) electrons. The first-order valence-electron chi connectivity index (χ1n) is 6.58. The Morgan fingerprint density at radius 1 is 1.42 bits per heavy atom. The van der Waals surface area contributed by atoms with Gasteiger partial charge in [0.1, 0.15) is 0 Å². The molecule has 0 aliphatic carbocycles. The number of nitro groups is 1. The molecule has 0 aliphatic heterocycles. The zero-order valence-corrected chi connectivity index (χ0v) is 11.4. The number of unbranched alkanes of at least 4 members (excludes halogenated alkanes) is 1. The first kappa shape index (κ1) is 15.1. The average Bonchev–Trinajstić information content (AvgIpc) is 2.37. The Bertz CT molecular complexity index is 472. The maximum absolute atomic E-state index is 11.5. The van der Waals surface area contributed by atoms with Gasteiger partial charge in [-0.3, -0.25) is 14.9 Å². The second kappa shape index (κ2) is 6.87. The van der Waals surface area contributed by atoms with Crippen LogP contribution in [0.25, 0.3) is 0 Å². The van der Waals surface area contributed by atoms with E-state index in [4.69, 9.17) is 5.73 Å². The number of carbonyl (C=O) groups is 1. The Morgan fingerprint density at radius 2 is 2.11 bits per heavy atom. The number of benzene rings is 1. The van der Waals surface area contributed by atoms with Crippen LogP contribution in [0.3, 0.4) is 0 Å². The molecule has 1 amide bonds. The fourth-order valence-corrected chi connectivity index (χ4v) is 2.29. The van der Waals surface area contributed by atoms with Crippen molar-refractivity contribution in [3.63, 3.8) is 0 Å². The molecule has 0 saturated carbocycles. The molecule has 1 atom stereocenters. The molecule has 1 aromatic carbocycles. The maximum Gasteiger partial charge on any atom is 0.272 e. The van der Waals surface area contributed by atoms with Gasteiger partial charge in [-0.05, 0) is 24.8 Å². The van der Waals surface area contributed by atoms with Crippen molar-refractivity contribution < 1.29 is 9.72 Å². The standard InChI is InChI=1S/C14H20N2O3/c1-3-5-7-12-11(10(4-2)14(15)17)8-6-9-13(12)16(18)19/h6,8-10H,3-5,7H2,1-2H3,(H2,15,17). The molecule has 1 rings (SSSR count). The molecule has 2 N–H and O–H groups in total. The Hall–Kier alpha value is -1.91. The molecular weight excluding hydrogens is 244 g/mol. The number of carbonyl (C=O) groups excluding carboxylic acids is 1. The normalized spacial score (nSPS) is 12.1. The number of rotatable bonds is 7. The van der Waals surface area contributed by atoms with E-state index in [2.05, 4.69) is 0 Å². The summed E-state index contributed by atoms with van der Waals surface area (Å²) in [7, 11) is 0. The van der Waals surface area contributed by atoms with Gasteiger partial charge in [0.15, 0.2) is 0 Å². The highest BCUT2D eigenvalue weighted by molar-refractivity contribution is 5.82. The molecule has 0 bridgehead atoms. The Labute approximate surface area is 113 Å². The van der Waals surface area contributed by atoms with Crippen LogP contribution in [0.1, 0.15) is 50.2 Å². The molecule has 0 fully saturated rings. The van der Waals surface area contributed by atoms with Gasteiger partial charge in [-0.1, -0.05) is 32.4 Å². The largest absolute Gasteiger partial charge is 0.369 e. The molecule has 0 spiro atoms. The fourth-order valence-electron chi connectivity index (χ4n) is 2.29. The lowest BCUT2D eigenvalue weighted by molar-refractivity contribution is -0.385. The van der Waals surface area contributed by atoms with Crippen molar-refractivity contribution in [2.24, 2.45) is 5.73 Å². The summed E-state index contributed by atoms with van der Waals surface area (Å²) in [5, 5.41) is 11.1. The molecule has 19 heavy (non-hydrogen) atoms. The second-order valence-corrected chi connectivity index (χ2v) is 4.57. The predicted octanol–water partition coefficient (Wildman–Crippen LogP) is 2.92. The van der Waals surface area contributed by atoms with Gasteiger partial charge < -0.3 is 5.73 Å². The lowest BCUT2D eigenvalue weighted by atomic mass is 9.88. The van der Waals surface area contributed by atoms with Crippen LogP contribution >= 0.6 is 0 Å². The van der Waals surface area contributed by atoms with Crippen molar-refractivity contribution in [1.29, 1.82) is 0 Å². The van der Waals surface area contributed by atoms with Crippen LogP contribution in [-0.2, 0) is 11.2 Å². The summed E-state index contributed by atoms with van der Waals surface area (Å²) in [5.74, 6) is -0.882. The fraction of sp³-hybridized carbons (Fsp3) is 0.500. The highest BCUT2D eigenvalue weighted by Gasteiger charge is 2.24. The lowest BCUT2D eigenvalue weighted by Crippen LogP contribution is -2.22. The molecule has 0 saturated heterocycles. The quantitative estimate of drug-likeness (QED) is 0.606. The number of nitrogens with zero attached hydrogens (tertiary/aromatic N) is 1. The number of hydrogen-bond acceptors (Lipinski definition) is 3. The van der Waals surface area contributed by atoms with Crippen molar-refractivity contribution in [2.75, 3.05) is 0 Å². The zero-order valence-electron chi connectivity index (χ0n) is 11.4. The summed E-state index contributed by atoms with van der Waals surface area (Å²) in [6.07, 6.45) is 2.95. The highest BCUT2D eigenvalue weighted by Crippen LogP contribution is 2.31. The van der Waals surface area contributed by atoms with E-state index in [0.29, 0.717) is 24.0 Å². The van der Waals surface area contributed by atoms with Gasteiger partial charge in [0.25, 0.3) is 5.69 Å². The first-order valence-corrected chi connectivity index (χ1v) is 6.58. The van der Waals surface area contributed by atoms with Crippen LogP contribution in [0.5, 0.6) is 0 Å². The molecule has 1 unspecified atom stereocenters. The Morgan fingerprint density at radius 3 is 2.58 bits per heavy atom.